The van der Waals surface area contributed by atoms with Crippen LogP contribution in [0.4, 0.5) is 5.69 Å². The molecule has 0 atom stereocenters. The maximum absolute atomic E-state index is 12.6. The summed E-state index contributed by atoms with van der Waals surface area (Å²) in [5, 5.41) is 4.64. The molecule has 27 heavy (non-hydrogen) atoms. The molecule has 1 aliphatic heterocycles. The summed E-state index contributed by atoms with van der Waals surface area (Å²) < 4.78 is 0. The summed E-state index contributed by atoms with van der Waals surface area (Å²) in [5.41, 5.74) is 3.79. The van der Waals surface area contributed by atoms with Crippen LogP contribution in [0.25, 0.3) is 10.9 Å². The van der Waals surface area contributed by atoms with Gasteiger partial charge in [-0.2, -0.15) is 0 Å². The number of fused-ring (bicyclic) bond motifs is 1. The van der Waals surface area contributed by atoms with Crippen LogP contribution in [0, 0.1) is 0 Å². The number of nitrogens with zero attached hydrogens (tertiary/aromatic N) is 2. The second kappa shape index (κ2) is 7.62. The molecule has 1 aliphatic rings. The third-order valence-electron chi connectivity index (χ3n) is 5.10. The number of anilines is 1. The third kappa shape index (κ3) is 3.94. The van der Waals surface area contributed by atoms with Gasteiger partial charge in [0.05, 0.1) is 0 Å². The fourth-order valence-electron chi connectivity index (χ4n) is 3.51. The molecule has 1 saturated heterocycles. The molecule has 1 amide bonds. The van der Waals surface area contributed by atoms with E-state index >= 15 is 0 Å². The summed E-state index contributed by atoms with van der Waals surface area (Å²) in [7, 11) is 2.15. The minimum atomic E-state index is -0.115. The summed E-state index contributed by atoms with van der Waals surface area (Å²) in [6.07, 6.45) is 0. The lowest BCUT2D eigenvalue weighted by atomic mass is 10.1. The minimum absolute atomic E-state index is 0.115. The van der Waals surface area contributed by atoms with Gasteiger partial charge in [0.25, 0.3) is 5.91 Å². The number of benzene rings is 2. The van der Waals surface area contributed by atoms with Crippen LogP contribution in [0.15, 0.2) is 48.5 Å². The van der Waals surface area contributed by atoms with E-state index in [-0.39, 0.29) is 5.91 Å². The van der Waals surface area contributed by atoms with Gasteiger partial charge in [-0.15, -0.1) is 0 Å². The average molecular weight is 383 g/mol. The van der Waals surface area contributed by atoms with E-state index in [1.165, 1.54) is 5.69 Å². The Kier molecular flexibility index (Phi) is 5.05. The molecule has 0 saturated carbocycles. The van der Waals surface area contributed by atoms with Gasteiger partial charge < -0.3 is 20.1 Å². The summed E-state index contributed by atoms with van der Waals surface area (Å²) in [5.74, 6) is -0.115. The number of aromatic nitrogens is 1. The van der Waals surface area contributed by atoms with Crippen molar-refractivity contribution in [2.75, 3.05) is 38.1 Å². The second-order valence-corrected chi connectivity index (χ2v) is 7.45. The molecular formula is C21H23ClN4O. The van der Waals surface area contributed by atoms with Crippen LogP contribution in [0.2, 0.25) is 5.02 Å². The highest BCUT2D eigenvalue weighted by atomic mass is 35.5. The average Bonchev–Trinajstić information content (AvgIpc) is 3.10. The number of hydrogen-bond acceptors (Lipinski definition) is 3. The van der Waals surface area contributed by atoms with Crippen LogP contribution < -0.4 is 10.2 Å². The lowest BCUT2D eigenvalue weighted by molar-refractivity contribution is 0.0947. The van der Waals surface area contributed by atoms with Crippen molar-refractivity contribution in [1.82, 2.24) is 15.2 Å². The maximum Gasteiger partial charge on any atom is 0.267 e. The number of hydrogen-bond donors (Lipinski definition) is 2. The smallest absolute Gasteiger partial charge is 0.267 e. The van der Waals surface area contributed by atoms with Crippen molar-refractivity contribution in [2.24, 2.45) is 0 Å². The van der Waals surface area contributed by atoms with E-state index in [9.17, 15) is 4.79 Å². The SMILES string of the molecule is CN1CCN(c2ccccc2CNC(=O)c2cc3cc(Cl)ccc3[nH]2)CC1. The molecule has 6 heteroatoms. The van der Waals surface area contributed by atoms with Gasteiger partial charge in [0, 0.05) is 54.3 Å². The number of aromatic amines is 1. The van der Waals surface area contributed by atoms with Crippen molar-refractivity contribution in [3.63, 3.8) is 0 Å². The Morgan fingerprint density at radius 1 is 1.11 bits per heavy atom. The molecule has 2 heterocycles. The van der Waals surface area contributed by atoms with Gasteiger partial charge in [0.1, 0.15) is 5.69 Å². The largest absolute Gasteiger partial charge is 0.369 e. The monoisotopic (exact) mass is 382 g/mol. The van der Waals surface area contributed by atoms with Gasteiger partial charge >= 0.3 is 0 Å². The number of para-hydroxylation sites is 1. The van der Waals surface area contributed by atoms with Crippen LogP contribution in [-0.4, -0.2) is 49.0 Å². The van der Waals surface area contributed by atoms with Gasteiger partial charge in [-0.3, -0.25) is 4.79 Å². The zero-order chi connectivity index (χ0) is 18.8. The zero-order valence-corrected chi connectivity index (χ0v) is 16.1. The molecule has 2 aromatic carbocycles. The molecule has 2 N–H and O–H groups in total. The molecule has 3 aromatic rings. The van der Waals surface area contributed by atoms with E-state index in [1.54, 1.807) is 0 Å². The fourth-order valence-corrected chi connectivity index (χ4v) is 3.69. The van der Waals surface area contributed by atoms with Crippen LogP contribution >= 0.6 is 11.6 Å². The Morgan fingerprint density at radius 2 is 1.89 bits per heavy atom. The lowest BCUT2D eigenvalue weighted by Crippen LogP contribution is -2.45. The first-order valence-corrected chi connectivity index (χ1v) is 9.56. The highest BCUT2D eigenvalue weighted by Gasteiger charge is 2.17. The molecule has 1 aromatic heterocycles. The highest BCUT2D eigenvalue weighted by Crippen LogP contribution is 2.23. The van der Waals surface area contributed by atoms with Gasteiger partial charge in [-0.05, 0) is 42.9 Å². The Balaban J connectivity index is 1.47. The number of likely N-dealkylation sites (N-methyl/N-ethyl adjacent to an activating group) is 1. The molecule has 1 fully saturated rings. The molecule has 4 rings (SSSR count). The van der Waals surface area contributed by atoms with Crippen molar-refractivity contribution in [3.05, 3.63) is 64.8 Å². The van der Waals surface area contributed by atoms with E-state index < -0.39 is 0 Å². The van der Waals surface area contributed by atoms with Crippen molar-refractivity contribution in [2.45, 2.75) is 6.54 Å². The number of amides is 1. The van der Waals surface area contributed by atoms with E-state index in [0.29, 0.717) is 17.3 Å². The van der Waals surface area contributed by atoms with Gasteiger partial charge in [-0.1, -0.05) is 29.8 Å². The van der Waals surface area contributed by atoms with Gasteiger partial charge in [-0.25, -0.2) is 0 Å². The van der Waals surface area contributed by atoms with Crippen molar-refractivity contribution in [1.29, 1.82) is 0 Å². The normalized spacial score (nSPS) is 15.3. The summed E-state index contributed by atoms with van der Waals surface area (Å²) in [4.78, 5) is 20.5. The number of carbonyl (C=O) groups excluding carboxylic acids is 1. The molecule has 140 valence electrons. The molecule has 0 bridgehead atoms. The summed E-state index contributed by atoms with van der Waals surface area (Å²) in [6.45, 7) is 4.61. The Bertz CT molecular complexity index is 960. The van der Waals surface area contributed by atoms with Crippen LogP contribution in [0.1, 0.15) is 16.1 Å². The maximum atomic E-state index is 12.6. The number of nitrogens with one attached hydrogen (secondary N) is 2. The molecule has 0 spiro atoms. The van der Waals surface area contributed by atoms with E-state index in [0.717, 1.165) is 42.6 Å². The van der Waals surface area contributed by atoms with Crippen LogP contribution in [-0.2, 0) is 6.54 Å². The summed E-state index contributed by atoms with van der Waals surface area (Å²) >= 11 is 6.03. The predicted molar refractivity (Wildman–Crippen MR) is 111 cm³/mol. The summed E-state index contributed by atoms with van der Waals surface area (Å²) in [6, 6.07) is 15.7. The first kappa shape index (κ1) is 17.9. The Morgan fingerprint density at radius 3 is 2.70 bits per heavy atom. The third-order valence-corrected chi connectivity index (χ3v) is 5.34. The van der Waals surface area contributed by atoms with Crippen LogP contribution in [0.5, 0.6) is 0 Å². The Hall–Kier alpha value is -2.50. The minimum Gasteiger partial charge on any atom is -0.369 e. The van der Waals surface area contributed by atoms with Gasteiger partial charge in [0.15, 0.2) is 0 Å². The van der Waals surface area contributed by atoms with E-state index in [4.69, 9.17) is 11.6 Å². The van der Waals surface area contributed by atoms with Crippen LogP contribution in [0.3, 0.4) is 0 Å². The number of rotatable bonds is 4. The quantitative estimate of drug-likeness (QED) is 0.726. The van der Waals surface area contributed by atoms with Gasteiger partial charge in [0.2, 0.25) is 0 Å². The number of H-pyrrole nitrogens is 1. The first-order valence-electron chi connectivity index (χ1n) is 9.18. The zero-order valence-electron chi connectivity index (χ0n) is 15.3. The fraction of sp³-hybridized carbons (Fsp3) is 0.286. The van der Waals surface area contributed by atoms with Crippen molar-refractivity contribution in [3.8, 4) is 0 Å². The first-order chi connectivity index (χ1) is 13.1. The standard InChI is InChI=1S/C21H23ClN4O/c1-25-8-10-26(11-9-25)20-5-3-2-4-15(20)14-23-21(27)19-13-16-12-17(22)6-7-18(16)24-19/h2-7,12-13,24H,8-11,14H2,1H3,(H,23,27). The highest BCUT2D eigenvalue weighted by molar-refractivity contribution is 6.31. The van der Waals surface area contributed by atoms with Crippen molar-refractivity contribution < 1.29 is 4.79 Å². The molecule has 0 aliphatic carbocycles. The molecule has 5 nitrogen and oxygen atoms in total. The number of halogens is 1. The molecular weight excluding hydrogens is 360 g/mol. The number of carbonyl (C=O) groups is 1. The van der Waals surface area contributed by atoms with E-state index in [1.807, 2.05) is 30.3 Å². The Labute approximate surface area is 163 Å². The molecule has 0 radical (unpaired) electrons. The molecule has 0 unspecified atom stereocenters. The van der Waals surface area contributed by atoms with E-state index in [2.05, 4.69) is 45.3 Å². The lowest BCUT2D eigenvalue weighted by Gasteiger charge is -2.35. The number of piperazine rings is 1. The van der Waals surface area contributed by atoms with Crippen molar-refractivity contribution >= 4 is 34.1 Å². The topological polar surface area (TPSA) is 51.4 Å². The second-order valence-electron chi connectivity index (χ2n) is 7.02. The predicted octanol–water partition coefficient (Wildman–Crippen LogP) is 3.50.